The van der Waals surface area contributed by atoms with Gasteiger partial charge in [-0.15, -0.1) is 0 Å². The molecule has 2 aromatic carbocycles. The van der Waals surface area contributed by atoms with Gasteiger partial charge in [-0.1, -0.05) is 0 Å². The van der Waals surface area contributed by atoms with Crippen LogP contribution in [-0.2, 0) is 18.9 Å². The molecule has 21 heteroatoms. The number of aliphatic hydroxyl groups is 10. The van der Waals surface area contributed by atoms with Crippen molar-refractivity contribution in [1.82, 2.24) is 0 Å². The molecule has 0 saturated carbocycles. The number of ether oxygens (including phenoxy) is 6. The minimum Gasteiger partial charge on any atom is -0.507 e. The molecule has 21 nitrogen and oxygen atoms in total. The minimum absolute atomic E-state index is 0.107. The second kappa shape index (κ2) is 15.7. The molecule has 6 rings (SSSR count). The standard InChI is InChI=1S/C33H40O21/c1-9-19(38)23(42)26(45)31(49-9)48-8-17-21(40)25(44)27(46)32(53-17)50-11-5-14(37)18-15(6-11)51-29(10-2-3-12(35)13(36)4-10)30(22(18)41)54-33-28(47)24(43)20(39)16(7-34)52-33/h2-6,9,16-17,19-21,23-28,31-40,42-47H,7-8H2,1H3. The van der Waals surface area contributed by atoms with Gasteiger partial charge in [0.1, 0.15) is 89.6 Å². The quantitative estimate of drug-likeness (QED) is 0.0917. The van der Waals surface area contributed by atoms with Gasteiger partial charge in [0.25, 0.3) is 0 Å². The van der Waals surface area contributed by atoms with Crippen LogP contribution < -0.4 is 14.9 Å². The Balaban J connectivity index is 1.31. The van der Waals surface area contributed by atoms with Crippen molar-refractivity contribution in [1.29, 1.82) is 0 Å². The molecule has 54 heavy (non-hydrogen) atoms. The lowest BCUT2D eigenvalue weighted by molar-refractivity contribution is -0.318. The lowest BCUT2D eigenvalue weighted by atomic mass is 9.98. The molecule has 13 N–H and O–H groups in total. The lowest BCUT2D eigenvalue weighted by Crippen LogP contribution is -2.61. The van der Waals surface area contributed by atoms with Gasteiger partial charge in [-0.05, 0) is 25.1 Å². The molecular weight excluding hydrogens is 732 g/mol. The highest BCUT2D eigenvalue weighted by Gasteiger charge is 2.48. The van der Waals surface area contributed by atoms with Gasteiger partial charge in [0.05, 0.1) is 19.3 Å². The molecule has 1 aromatic heterocycles. The molecule has 3 fully saturated rings. The molecule has 3 aromatic rings. The van der Waals surface area contributed by atoms with Gasteiger partial charge in [-0.25, -0.2) is 0 Å². The SMILES string of the molecule is CC1OC(OCC2OC(Oc3cc(O)c4c(=O)c(OC5OC(CO)C(O)C(O)C5O)c(-c5ccc(O)c(O)c5)oc4c3)C(O)C(O)C2O)C(O)C(O)C1O. The van der Waals surface area contributed by atoms with E-state index in [0.717, 1.165) is 24.3 Å². The zero-order valence-corrected chi connectivity index (χ0v) is 28.0. The molecule has 0 spiro atoms. The summed E-state index contributed by atoms with van der Waals surface area (Å²) >= 11 is 0. The molecule has 15 atom stereocenters. The maximum absolute atomic E-state index is 13.9. The molecular formula is C33H40O21. The molecule has 3 saturated heterocycles. The summed E-state index contributed by atoms with van der Waals surface area (Å²) in [5.74, 6) is -3.60. The van der Waals surface area contributed by atoms with Gasteiger partial charge < -0.3 is 99.2 Å². The van der Waals surface area contributed by atoms with E-state index >= 15 is 0 Å². The van der Waals surface area contributed by atoms with Crippen molar-refractivity contribution < 1.29 is 99.2 Å². The van der Waals surface area contributed by atoms with Crippen molar-refractivity contribution in [3.05, 3.63) is 40.6 Å². The van der Waals surface area contributed by atoms with E-state index in [2.05, 4.69) is 0 Å². The predicted octanol–water partition coefficient (Wildman–Crippen LogP) is -4.21. The number of benzene rings is 2. The summed E-state index contributed by atoms with van der Waals surface area (Å²) in [6.07, 6.45) is -25.0. The zero-order valence-electron chi connectivity index (χ0n) is 28.0. The van der Waals surface area contributed by atoms with E-state index in [1.807, 2.05) is 0 Å². The van der Waals surface area contributed by atoms with E-state index < -0.39 is 150 Å². The van der Waals surface area contributed by atoms with Crippen molar-refractivity contribution in [2.24, 2.45) is 0 Å². The van der Waals surface area contributed by atoms with Crippen LogP contribution in [0.3, 0.4) is 0 Å². The summed E-state index contributed by atoms with van der Waals surface area (Å²) in [5, 5.41) is 133. The molecule has 298 valence electrons. The van der Waals surface area contributed by atoms with E-state index in [0.29, 0.717) is 0 Å². The van der Waals surface area contributed by atoms with Crippen molar-refractivity contribution in [3.8, 4) is 40.1 Å². The number of phenols is 3. The van der Waals surface area contributed by atoms with Crippen LogP contribution in [0, 0.1) is 0 Å². The van der Waals surface area contributed by atoms with Gasteiger partial charge >= 0.3 is 0 Å². The summed E-state index contributed by atoms with van der Waals surface area (Å²) < 4.78 is 39.1. The Morgan fingerprint density at radius 1 is 0.630 bits per heavy atom. The van der Waals surface area contributed by atoms with Crippen LogP contribution in [0.25, 0.3) is 22.3 Å². The summed E-state index contributed by atoms with van der Waals surface area (Å²) in [6, 6.07) is 5.15. The van der Waals surface area contributed by atoms with Crippen LogP contribution in [0.5, 0.6) is 28.7 Å². The van der Waals surface area contributed by atoms with E-state index in [9.17, 15) is 71.2 Å². The van der Waals surface area contributed by atoms with Crippen LogP contribution >= 0.6 is 0 Å². The predicted molar refractivity (Wildman–Crippen MR) is 173 cm³/mol. The first-order chi connectivity index (χ1) is 25.5. The fraction of sp³-hybridized carbons (Fsp3) is 0.545. The number of aliphatic hydroxyl groups excluding tert-OH is 10. The maximum atomic E-state index is 13.9. The first-order valence-corrected chi connectivity index (χ1v) is 16.5. The molecule has 4 heterocycles. The lowest BCUT2D eigenvalue weighted by Gasteiger charge is -2.42. The molecule has 15 unspecified atom stereocenters. The highest BCUT2D eigenvalue weighted by atomic mass is 16.7. The Labute approximate surface area is 303 Å². The molecule has 3 aliphatic rings. The fourth-order valence-corrected chi connectivity index (χ4v) is 6.19. The van der Waals surface area contributed by atoms with Crippen LogP contribution in [0.15, 0.2) is 39.5 Å². The number of rotatable bonds is 9. The molecule has 0 radical (unpaired) electrons. The highest BCUT2D eigenvalue weighted by Crippen LogP contribution is 2.40. The van der Waals surface area contributed by atoms with Crippen LogP contribution in [0.2, 0.25) is 0 Å². The highest BCUT2D eigenvalue weighted by molar-refractivity contribution is 5.88. The minimum atomic E-state index is -1.98. The van der Waals surface area contributed by atoms with Gasteiger partial charge in [-0.2, -0.15) is 0 Å². The average Bonchev–Trinajstić information content (AvgIpc) is 3.14. The largest absolute Gasteiger partial charge is 0.507 e. The number of hydrogen-bond acceptors (Lipinski definition) is 21. The summed E-state index contributed by atoms with van der Waals surface area (Å²) in [4.78, 5) is 13.9. The van der Waals surface area contributed by atoms with Gasteiger partial charge in [0.15, 0.2) is 23.5 Å². The Kier molecular flexibility index (Phi) is 11.5. The maximum Gasteiger partial charge on any atom is 0.239 e. The number of aromatic hydroxyl groups is 3. The first-order valence-electron chi connectivity index (χ1n) is 16.5. The van der Waals surface area contributed by atoms with Crippen molar-refractivity contribution in [2.75, 3.05) is 13.2 Å². The monoisotopic (exact) mass is 772 g/mol. The normalized spacial score (nSPS) is 37.3. The third kappa shape index (κ3) is 7.39. The molecule has 0 bridgehead atoms. The third-order valence-electron chi connectivity index (χ3n) is 9.38. The second-order valence-corrected chi connectivity index (χ2v) is 13.1. The Bertz CT molecular complexity index is 1850. The van der Waals surface area contributed by atoms with Crippen molar-refractivity contribution in [3.63, 3.8) is 0 Å². The third-order valence-corrected chi connectivity index (χ3v) is 9.38. The average molecular weight is 773 g/mol. The second-order valence-electron chi connectivity index (χ2n) is 13.1. The smallest absolute Gasteiger partial charge is 0.239 e. The summed E-state index contributed by atoms with van der Waals surface area (Å²) in [7, 11) is 0. The Morgan fingerprint density at radius 2 is 1.22 bits per heavy atom. The van der Waals surface area contributed by atoms with E-state index in [1.54, 1.807) is 0 Å². The van der Waals surface area contributed by atoms with Gasteiger partial charge in [0.2, 0.25) is 23.8 Å². The van der Waals surface area contributed by atoms with Crippen molar-refractivity contribution >= 4 is 11.0 Å². The molecule has 3 aliphatic heterocycles. The van der Waals surface area contributed by atoms with Gasteiger partial charge in [0, 0.05) is 17.7 Å². The van der Waals surface area contributed by atoms with Gasteiger partial charge in [-0.3, -0.25) is 4.79 Å². The molecule has 0 amide bonds. The number of fused-ring (bicyclic) bond motifs is 1. The van der Waals surface area contributed by atoms with E-state index in [4.69, 9.17) is 32.8 Å². The van der Waals surface area contributed by atoms with Crippen LogP contribution in [0.1, 0.15) is 6.92 Å². The Morgan fingerprint density at radius 3 is 1.87 bits per heavy atom. The summed E-state index contributed by atoms with van der Waals surface area (Å²) in [5.41, 5.74) is -1.63. The van der Waals surface area contributed by atoms with E-state index in [1.165, 1.54) is 13.0 Å². The topological polar surface area (TPSA) is 349 Å². The number of hydrogen-bond donors (Lipinski definition) is 13. The molecule has 0 aliphatic carbocycles. The fourth-order valence-electron chi connectivity index (χ4n) is 6.19. The zero-order chi connectivity index (χ0) is 39.3. The van der Waals surface area contributed by atoms with Crippen LogP contribution in [0.4, 0.5) is 0 Å². The first kappa shape index (κ1) is 39.8. The van der Waals surface area contributed by atoms with E-state index in [-0.39, 0.29) is 11.3 Å². The van der Waals surface area contributed by atoms with Crippen LogP contribution in [-0.4, -0.2) is 172 Å². The number of phenolic OH excluding ortho intramolecular Hbond substituents is 3. The summed E-state index contributed by atoms with van der Waals surface area (Å²) in [6.45, 7) is -0.00631. The van der Waals surface area contributed by atoms with Crippen molar-refractivity contribution in [2.45, 2.75) is 99.0 Å². The Hall–Kier alpha value is -3.91.